The molecule has 0 fully saturated rings. The molecule has 14 heavy (non-hydrogen) atoms. The molecule has 0 saturated carbocycles. The van der Waals surface area contributed by atoms with Crippen LogP contribution in [0.3, 0.4) is 0 Å². The van der Waals surface area contributed by atoms with Crippen LogP contribution in [0.15, 0.2) is 11.6 Å². The minimum Gasteiger partial charge on any atom is -0.0851 e. The lowest BCUT2D eigenvalue weighted by atomic mass is 9.81. The van der Waals surface area contributed by atoms with Crippen molar-refractivity contribution in [2.75, 3.05) is 0 Å². The largest absolute Gasteiger partial charge is 0.0851 e. The summed E-state index contributed by atoms with van der Waals surface area (Å²) in [7, 11) is 0. The first-order valence-corrected chi connectivity index (χ1v) is 6.24. The molecule has 0 aliphatic rings. The van der Waals surface area contributed by atoms with Crippen molar-refractivity contribution >= 4 is 0 Å². The maximum Gasteiger partial charge on any atom is -0.0206 e. The van der Waals surface area contributed by atoms with Crippen LogP contribution in [0.4, 0.5) is 0 Å². The van der Waals surface area contributed by atoms with Crippen LogP contribution in [0.2, 0.25) is 0 Å². The molecule has 0 aliphatic carbocycles. The maximum atomic E-state index is 2.45. The van der Waals surface area contributed by atoms with Crippen molar-refractivity contribution in [3.8, 4) is 0 Å². The first kappa shape index (κ1) is 13.7. The van der Waals surface area contributed by atoms with Crippen molar-refractivity contribution < 1.29 is 0 Å². The number of hydrogen-bond acceptors (Lipinski definition) is 0. The molecule has 0 nitrogen and oxygen atoms in total. The predicted molar refractivity (Wildman–Crippen MR) is 66.4 cm³/mol. The number of hydrogen-bond donors (Lipinski definition) is 0. The van der Waals surface area contributed by atoms with E-state index in [1.54, 1.807) is 5.57 Å². The Morgan fingerprint density at radius 3 is 2.00 bits per heavy atom. The maximum absolute atomic E-state index is 2.45. The van der Waals surface area contributed by atoms with E-state index in [1.165, 1.54) is 19.3 Å². The summed E-state index contributed by atoms with van der Waals surface area (Å²) in [5.74, 6) is 2.29. The van der Waals surface area contributed by atoms with E-state index in [4.69, 9.17) is 0 Å². The van der Waals surface area contributed by atoms with E-state index in [0.717, 1.165) is 17.8 Å². The van der Waals surface area contributed by atoms with E-state index in [9.17, 15) is 0 Å². The lowest BCUT2D eigenvalue weighted by Crippen LogP contribution is -2.13. The number of allylic oxidation sites excluding steroid dienone is 2. The third-order valence-electron chi connectivity index (χ3n) is 3.26. The molecule has 2 unspecified atom stereocenters. The third kappa shape index (κ3) is 4.30. The van der Waals surface area contributed by atoms with E-state index in [2.05, 4.69) is 47.6 Å². The second-order valence-corrected chi connectivity index (χ2v) is 4.83. The molecule has 0 radical (unpaired) electrons. The van der Waals surface area contributed by atoms with E-state index < -0.39 is 0 Å². The smallest absolute Gasteiger partial charge is 0.0206 e. The second kappa shape index (κ2) is 7.09. The average molecular weight is 196 g/mol. The monoisotopic (exact) mass is 196 g/mol. The highest BCUT2D eigenvalue weighted by atomic mass is 14.2. The SMILES string of the molecule is CCC=C(C(C)CCC)C(C)C(C)C. The molecule has 0 bridgehead atoms. The Kier molecular flexibility index (Phi) is 6.96. The molecule has 0 aromatic carbocycles. The molecular formula is C14H28. The van der Waals surface area contributed by atoms with E-state index >= 15 is 0 Å². The first-order chi connectivity index (χ1) is 6.54. The van der Waals surface area contributed by atoms with Crippen molar-refractivity contribution in [1.29, 1.82) is 0 Å². The van der Waals surface area contributed by atoms with Crippen molar-refractivity contribution in [3.63, 3.8) is 0 Å². The summed E-state index contributed by atoms with van der Waals surface area (Å²) < 4.78 is 0. The zero-order chi connectivity index (χ0) is 11.1. The molecule has 84 valence electrons. The molecule has 0 heterocycles. The highest BCUT2D eigenvalue weighted by Gasteiger charge is 2.17. The summed E-state index contributed by atoms with van der Waals surface area (Å²) in [4.78, 5) is 0. The van der Waals surface area contributed by atoms with E-state index in [-0.39, 0.29) is 0 Å². The van der Waals surface area contributed by atoms with Crippen LogP contribution in [0.5, 0.6) is 0 Å². The van der Waals surface area contributed by atoms with Gasteiger partial charge in [-0.15, -0.1) is 0 Å². The van der Waals surface area contributed by atoms with Gasteiger partial charge < -0.3 is 0 Å². The minimum atomic E-state index is 0.747. The third-order valence-corrected chi connectivity index (χ3v) is 3.26. The fraction of sp³-hybridized carbons (Fsp3) is 0.857. The van der Waals surface area contributed by atoms with Crippen LogP contribution in [-0.2, 0) is 0 Å². The quantitative estimate of drug-likeness (QED) is 0.521. The van der Waals surface area contributed by atoms with Crippen LogP contribution in [0, 0.1) is 17.8 Å². The van der Waals surface area contributed by atoms with E-state index in [1.807, 2.05) is 0 Å². The molecular weight excluding hydrogens is 168 g/mol. The Hall–Kier alpha value is -0.260. The summed E-state index contributed by atoms with van der Waals surface area (Å²) in [6.07, 6.45) is 6.27. The molecule has 0 N–H and O–H groups in total. The minimum absolute atomic E-state index is 0.747. The predicted octanol–water partition coefficient (Wildman–Crippen LogP) is 5.05. The lowest BCUT2D eigenvalue weighted by molar-refractivity contribution is 0.421. The van der Waals surface area contributed by atoms with Gasteiger partial charge >= 0.3 is 0 Å². The summed E-state index contributed by atoms with van der Waals surface area (Å²) in [6, 6.07) is 0. The lowest BCUT2D eigenvalue weighted by Gasteiger charge is -2.25. The molecule has 0 aromatic heterocycles. The Balaban J connectivity index is 4.51. The Morgan fingerprint density at radius 1 is 1.07 bits per heavy atom. The standard InChI is InChI=1S/C14H28/c1-7-9-12(5)14(10-8-2)13(6)11(3)4/h10-13H,7-9H2,1-6H3. The molecule has 0 heteroatoms. The number of rotatable bonds is 6. The van der Waals surface area contributed by atoms with Crippen molar-refractivity contribution in [2.45, 2.75) is 60.8 Å². The summed E-state index contributed by atoms with van der Waals surface area (Å²) in [6.45, 7) is 13.9. The summed E-state index contributed by atoms with van der Waals surface area (Å²) in [5, 5.41) is 0. The van der Waals surface area contributed by atoms with Gasteiger partial charge in [-0.25, -0.2) is 0 Å². The highest BCUT2D eigenvalue weighted by molar-refractivity contribution is 5.09. The van der Waals surface area contributed by atoms with Gasteiger partial charge in [-0.3, -0.25) is 0 Å². The van der Waals surface area contributed by atoms with Crippen LogP contribution in [-0.4, -0.2) is 0 Å². The molecule has 0 amide bonds. The summed E-state index contributed by atoms with van der Waals surface area (Å²) >= 11 is 0. The van der Waals surface area contributed by atoms with Gasteiger partial charge in [-0.2, -0.15) is 0 Å². The Labute approximate surface area is 90.8 Å². The zero-order valence-corrected chi connectivity index (χ0v) is 10.9. The molecule has 0 saturated heterocycles. The molecule has 0 rings (SSSR count). The van der Waals surface area contributed by atoms with Crippen LogP contribution < -0.4 is 0 Å². The van der Waals surface area contributed by atoms with Gasteiger partial charge in [0.1, 0.15) is 0 Å². The Morgan fingerprint density at radius 2 is 1.64 bits per heavy atom. The van der Waals surface area contributed by atoms with Crippen LogP contribution >= 0.6 is 0 Å². The second-order valence-electron chi connectivity index (χ2n) is 4.83. The van der Waals surface area contributed by atoms with Gasteiger partial charge in [0, 0.05) is 0 Å². The van der Waals surface area contributed by atoms with Gasteiger partial charge in [0.25, 0.3) is 0 Å². The van der Waals surface area contributed by atoms with E-state index in [0.29, 0.717) is 0 Å². The van der Waals surface area contributed by atoms with Crippen LogP contribution in [0.25, 0.3) is 0 Å². The van der Waals surface area contributed by atoms with Gasteiger partial charge in [0.05, 0.1) is 0 Å². The first-order valence-electron chi connectivity index (χ1n) is 6.24. The normalized spacial score (nSPS) is 17.2. The molecule has 0 aromatic rings. The van der Waals surface area contributed by atoms with Crippen LogP contribution in [0.1, 0.15) is 60.8 Å². The van der Waals surface area contributed by atoms with Gasteiger partial charge in [-0.1, -0.05) is 59.6 Å². The molecule has 0 aliphatic heterocycles. The van der Waals surface area contributed by atoms with Crippen molar-refractivity contribution in [2.24, 2.45) is 17.8 Å². The topological polar surface area (TPSA) is 0 Å². The molecule has 0 spiro atoms. The van der Waals surface area contributed by atoms with Crippen molar-refractivity contribution in [1.82, 2.24) is 0 Å². The fourth-order valence-electron chi connectivity index (χ4n) is 2.06. The van der Waals surface area contributed by atoms with Gasteiger partial charge in [0.15, 0.2) is 0 Å². The molecule has 2 atom stereocenters. The fourth-order valence-corrected chi connectivity index (χ4v) is 2.06. The van der Waals surface area contributed by atoms with Gasteiger partial charge in [0.2, 0.25) is 0 Å². The van der Waals surface area contributed by atoms with Gasteiger partial charge in [-0.05, 0) is 30.6 Å². The zero-order valence-electron chi connectivity index (χ0n) is 10.9. The average Bonchev–Trinajstić information content (AvgIpc) is 2.13. The Bertz CT molecular complexity index is 165. The van der Waals surface area contributed by atoms with Crippen molar-refractivity contribution in [3.05, 3.63) is 11.6 Å². The summed E-state index contributed by atoms with van der Waals surface area (Å²) in [5.41, 5.74) is 1.68. The highest BCUT2D eigenvalue weighted by Crippen LogP contribution is 2.29.